The van der Waals surface area contributed by atoms with Crippen molar-refractivity contribution in [1.29, 1.82) is 0 Å². The van der Waals surface area contributed by atoms with E-state index in [9.17, 15) is 8.42 Å². The van der Waals surface area contributed by atoms with Crippen LogP contribution in [-0.4, -0.2) is 38.0 Å². The van der Waals surface area contributed by atoms with Gasteiger partial charge < -0.3 is 5.73 Å². The van der Waals surface area contributed by atoms with Crippen LogP contribution in [0.25, 0.3) is 0 Å². The van der Waals surface area contributed by atoms with Gasteiger partial charge in [0.15, 0.2) is 0 Å². The molecule has 0 aromatic carbocycles. The molecule has 0 aliphatic carbocycles. The van der Waals surface area contributed by atoms with Crippen LogP contribution in [0.5, 0.6) is 0 Å². The highest BCUT2D eigenvalue weighted by Crippen LogP contribution is 2.29. The van der Waals surface area contributed by atoms with Crippen molar-refractivity contribution in [3.05, 3.63) is 0 Å². The van der Waals surface area contributed by atoms with Crippen molar-refractivity contribution in [3.63, 3.8) is 0 Å². The van der Waals surface area contributed by atoms with E-state index in [2.05, 4.69) is 20.8 Å². The first-order chi connectivity index (χ1) is 6.17. The number of nitrogens with two attached hydrogens (primary N) is 1. The average molecular weight is 239 g/mol. The zero-order valence-corrected chi connectivity index (χ0v) is 11.0. The smallest absolute Gasteiger partial charge is 0.148 e. The van der Waals surface area contributed by atoms with E-state index in [-0.39, 0.29) is 11.2 Å². The fraction of sp³-hybridized carbons (Fsp3) is 1.00. The Bertz CT molecular complexity index is 254. The molecule has 86 valence electrons. The molecule has 0 bridgehead atoms. The molecule has 0 saturated carbocycles. The molecule has 2 N–H and O–H groups in total. The summed E-state index contributed by atoms with van der Waals surface area (Å²) in [6, 6.07) is 0. The van der Waals surface area contributed by atoms with E-state index in [1.165, 1.54) is 6.26 Å². The minimum atomic E-state index is -2.84. The van der Waals surface area contributed by atoms with Gasteiger partial charge in [-0.25, -0.2) is 8.42 Å². The van der Waals surface area contributed by atoms with Crippen LogP contribution in [0.1, 0.15) is 20.8 Å². The van der Waals surface area contributed by atoms with E-state index < -0.39 is 9.84 Å². The van der Waals surface area contributed by atoms with Crippen LogP contribution in [0, 0.1) is 5.41 Å². The van der Waals surface area contributed by atoms with Gasteiger partial charge in [0.1, 0.15) is 9.84 Å². The number of hydrogen-bond acceptors (Lipinski definition) is 4. The fourth-order valence-electron chi connectivity index (χ4n) is 1.01. The molecule has 5 heteroatoms. The lowest BCUT2D eigenvalue weighted by atomic mass is 9.92. The summed E-state index contributed by atoms with van der Waals surface area (Å²) in [5, 5.41) is 0.323. The molecule has 0 aliphatic heterocycles. The molecule has 14 heavy (non-hydrogen) atoms. The number of sulfone groups is 1. The molecular weight excluding hydrogens is 218 g/mol. The summed E-state index contributed by atoms with van der Waals surface area (Å²) >= 11 is 1.65. The summed E-state index contributed by atoms with van der Waals surface area (Å²) < 4.78 is 21.8. The first-order valence-electron chi connectivity index (χ1n) is 4.66. The van der Waals surface area contributed by atoms with Gasteiger partial charge in [0.25, 0.3) is 0 Å². The highest BCUT2D eigenvalue weighted by Gasteiger charge is 2.23. The predicted molar refractivity (Wildman–Crippen MR) is 64.5 cm³/mol. The molecule has 3 nitrogen and oxygen atoms in total. The standard InChI is InChI=1S/C9H21NO2S2/c1-9(2,3)8(7-10)13-5-6-14(4,11)12/h8H,5-7,10H2,1-4H3. The van der Waals surface area contributed by atoms with E-state index in [1.807, 2.05) is 0 Å². The van der Waals surface area contributed by atoms with E-state index in [0.29, 0.717) is 17.5 Å². The lowest BCUT2D eigenvalue weighted by Crippen LogP contribution is -2.31. The van der Waals surface area contributed by atoms with Gasteiger partial charge in [-0.3, -0.25) is 0 Å². The van der Waals surface area contributed by atoms with Gasteiger partial charge >= 0.3 is 0 Å². The zero-order valence-electron chi connectivity index (χ0n) is 9.41. The second-order valence-corrected chi connectivity index (χ2v) is 8.16. The highest BCUT2D eigenvalue weighted by molar-refractivity contribution is 8.01. The van der Waals surface area contributed by atoms with Crippen LogP contribution >= 0.6 is 11.8 Å². The third kappa shape index (κ3) is 6.68. The van der Waals surface area contributed by atoms with Gasteiger partial charge in [0.2, 0.25) is 0 Å². The first-order valence-corrected chi connectivity index (χ1v) is 7.77. The maximum absolute atomic E-state index is 10.9. The van der Waals surface area contributed by atoms with Gasteiger partial charge in [-0.2, -0.15) is 11.8 Å². The van der Waals surface area contributed by atoms with Gasteiger partial charge in [-0.05, 0) is 5.41 Å². The monoisotopic (exact) mass is 239 g/mol. The lowest BCUT2D eigenvalue weighted by Gasteiger charge is -2.28. The Kier molecular flexibility index (Phi) is 5.47. The molecule has 0 aromatic heterocycles. The summed E-state index contributed by atoms with van der Waals surface area (Å²) in [5.74, 6) is 0.877. The molecule has 1 unspecified atom stereocenters. The molecule has 0 saturated heterocycles. The Morgan fingerprint density at radius 3 is 2.14 bits per heavy atom. The van der Waals surface area contributed by atoms with E-state index in [1.54, 1.807) is 11.8 Å². The molecule has 0 aromatic rings. The van der Waals surface area contributed by atoms with Crippen molar-refractivity contribution in [2.24, 2.45) is 11.1 Å². The van der Waals surface area contributed by atoms with Gasteiger partial charge in [-0.1, -0.05) is 20.8 Å². The van der Waals surface area contributed by atoms with Crippen molar-refractivity contribution in [2.75, 3.05) is 24.3 Å². The zero-order chi connectivity index (χ0) is 11.4. The van der Waals surface area contributed by atoms with Crippen LogP contribution in [0.4, 0.5) is 0 Å². The second-order valence-electron chi connectivity index (χ2n) is 4.59. The topological polar surface area (TPSA) is 60.2 Å². The Balaban J connectivity index is 3.99. The Morgan fingerprint density at radius 1 is 1.36 bits per heavy atom. The molecule has 0 heterocycles. The summed E-state index contributed by atoms with van der Waals surface area (Å²) in [5.41, 5.74) is 5.77. The van der Waals surface area contributed by atoms with Crippen LogP contribution in [0.3, 0.4) is 0 Å². The molecular formula is C9H21NO2S2. The molecule has 0 amide bonds. The normalized spacial score (nSPS) is 15.5. The van der Waals surface area contributed by atoms with Crippen molar-refractivity contribution >= 4 is 21.6 Å². The summed E-state index contributed by atoms with van der Waals surface area (Å²) in [6.07, 6.45) is 1.27. The van der Waals surface area contributed by atoms with Gasteiger partial charge in [0.05, 0.1) is 5.75 Å². The third-order valence-corrected chi connectivity index (χ3v) is 4.90. The minimum Gasteiger partial charge on any atom is -0.329 e. The Labute approximate surface area is 91.7 Å². The molecule has 1 atom stereocenters. The molecule has 0 spiro atoms. The van der Waals surface area contributed by atoms with Gasteiger partial charge in [0, 0.05) is 23.8 Å². The van der Waals surface area contributed by atoms with Crippen molar-refractivity contribution in [3.8, 4) is 0 Å². The number of hydrogen-bond donors (Lipinski definition) is 1. The highest BCUT2D eigenvalue weighted by atomic mass is 32.2. The minimum absolute atomic E-state index is 0.136. The molecule has 0 rings (SSSR count). The van der Waals surface area contributed by atoms with Crippen LogP contribution in [0.2, 0.25) is 0 Å². The third-order valence-electron chi connectivity index (χ3n) is 1.95. The SMILES string of the molecule is CC(C)(C)C(CN)SCCS(C)(=O)=O. The largest absolute Gasteiger partial charge is 0.329 e. The number of thioether (sulfide) groups is 1. The maximum atomic E-state index is 10.9. The van der Waals surface area contributed by atoms with Crippen molar-refractivity contribution in [2.45, 2.75) is 26.0 Å². The molecule has 0 radical (unpaired) electrons. The molecule has 0 aliphatic rings. The summed E-state index contributed by atoms with van der Waals surface area (Å²) in [6.45, 7) is 6.96. The Morgan fingerprint density at radius 2 is 1.86 bits per heavy atom. The predicted octanol–water partition coefficient (Wildman–Crippen LogP) is 1.14. The number of rotatable bonds is 5. The Hall–Kier alpha value is 0.260. The fourth-order valence-corrected chi connectivity index (χ4v) is 3.53. The average Bonchev–Trinajstić information content (AvgIpc) is 1.93. The van der Waals surface area contributed by atoms with Crippen molar-refractivity contribution in [1.82, 2.24) is 0 Å². The second kappa shape index (κ2) is 5.37. The summed E-state index contributed by atoms with van der Waals surface area (Å²) in [7, 11) is -2.84. The van der Waals surface area contributed by atoms with Crippen LogP contribution in [-0.2, 0) is 9.84 Å². The van der Waals surface area contributed by atoms with E-state index in [0.717, 1.165) is 0 Å². The first kappa shape index (κ1) is 14.3. The maximum Gasteiger partial charge on any atom is 0.148 e. The van der Waals surface area contributed by atoms with Gasteiger partial charge in [-0.15, -0.1) is 0 Å². The van der Waals surface area contributed by atoms with E-state index >= 15 is 0 Å². The summed E-state index contributed by atoms with van der Waals surface area (Å²) in [4.78, 5) is 0. The van der Waals surface area contributed by atoms with E-state index in [4.69, 9.17) is 5.73 Å². The van der Waals surface area contributed by atoms with Crippen molar-refractivity contribution < 1.29 is 8.42 Å². The lowest BCUT2D eigenvalue weighted by molar-refractivity contribution is 0.398. The van der Waals surface area contributed by atoms with Crippen LogP contribution < -0.4 is 5.73 Å². The molecule has 0 fully saturated rings. The van der Waals surface area contributed by atoms with Crippen LogP contribution in [0.15, 0.2) is 0 Å². The quantitative estimate of drug-likeness (QED) is 0.781.